The molecule has 0 aliphatic carbocycles. The van der Waals surface area contributed by atoms with Gasteiger partial charge in [-0.25, -0.2) is 4.68 Å². The minimum atomic E-state index is -0.263. The standard InChI is InChI=1S/C17H18N4O2S/c1-3-23-15(22)12-24-17-19-18-16(14-8-6-13(2)7-9-14)21(17)20-10-4-5-11-20/h4-11H,3,12H2,1-2H3. The number of hydrogen-bond donors (Lipinski definition) is 0. The molecule has 0 N–H and O–H groups in total. The zero-order chi connectivity index (χ0) is 16.9. The van der Waals surface area contributed by atoms with Gasteiger partial charge in [-0.3, -0.25) is 9.47 Å². The van der Waals surface area contributed by atoms with E-state index in [0.29, 0.717) is 11.8 Å². The molecule has 0 radical (unpaired) electrons. The van der Waals surface area contributed by atoms with Gasteiger partial charge in [0.15, 0.2) is 5.82 Å². The quantitative estimate of drug-likeness (QED) is 0.509. The van der Waals surface area contributed by atoms with Crippen LogP contribution < -0.4 is 0 Å². The number of thioether (sulfide) groups is 1. The summed E-state index contributed by atoms with van der Waals surface area (Å²) in [6.07, 6.45) is 3.82. The van der Waals surface area contributed by atoms with E-state index in [1.165, 1.54) is 17.3 Å². The summed E-state index contributed by atoms with van der Waals surface area (Å²) in [6, 6.07) is 12.0. The summed E-state index contributed by atoms with van der Waals surface area (Å²) in [5.41, 5.74) is 2.15. The van der Waals surface area contributed by atoms with Crippen molar-refractivity contribution in [3.8, 4) is 11.4 Å². The molecule has 3 aromatic rings. The van der Waals surface area contributed by atoms with Crippen LogP contribution in [0.3, 0.4) is 0 Å². The van der Waals surface area contributed by atoms with Gasteiger partial charge >= 0.3 is 5.97 Å². The molecule has 0 saturated heterocycles. The average Bonchev–Trinajstić information content (AvgIpc) is 3.23. The van der Waals surface area contributed by atoms with E-state index in [4.69, 9.17) is 4.74 Å². The van der Waals surface area contributed by atoms with Crippen molar-refractivity contribution in [3.05, 3.63) is 54.4 Å². The van der Waals surface area contributed by atoms with Crippen LogP contribution in [0, 0.1) is 6.92 Å². The molecule has 0 spiro atoms. The minimum absolute atomic E-state index is 0.196. The van der Waals surface area contributed by atoms with E-state index in [1.54, 1.807) is 6.92 Å². The summed E-state index contributed by atoms with van der Waals surface area (Å²) in [6.45, 7) is 4.21. The largest absolute Gasteiger partial charge is 0.465 e. The number of aryl methyl sites for hydroxylation is 1. The topological polar surface area (TPSA) is 61.9 Å². The number of benzene rings is 1. The molecule has 1 aromatic carbocycles. The average molecular weight is 342 g/mol. The van der Waals surface area contributed by atoms with E-state index >= 15 is 0 Å². The lowest BCUT2D eigenvalue weighted by atomic mass is 10.1. The highest BCUT2D eigenvalue weighted by Crippen LogP contribution is 2.24. The second kappa shape index (κ2) is 7.35. The van der Waals surface area contributed by atoms with E-state index in [9.17, 15) is 4.79 Å². The molecule has 6 nitrogen and oxygen atoms in total. The Bertz CT molecular complexity index is 810. The maximum Gasteiger partial charge on any atom is 0.316 e. The molecule has 124 valence electrons. The number of hydrogen-bond acceptors (Lipinski definition) is 5. The third-order valence-electron chi connectivity index (χ3n) is 3.37. The normalized spacial score (nSPS) is 10.8. The van der Waals surface area contributed by atoms with Gasteiger partial charge in [0, 0.05) is 18.0 Å². The molecule has 0 aliphatic heterocycles. The summed E-state index contributed by atoms with van der Waals surface area (Å²) < 4.78 is 8.75. The predicted octanol–water partition coefficient (Wildman–Crippen LogP) is 3.02. The van der Waals surface area contributed by atoms with Crippen molar-refractivity contribution in [2.24, 2.45) is 0 Å². The first-order chi connectivity index (χ1) is 11.7. The fraction of sp³-hybridized carbons (Fsp3) is 0.235. The molecule has 2 aromatic heterocycles. The highest BCUT2D eigenvalue weighted by molar-refractivity contribution is 7.99. The molecule has 0 unspecified atom stereocenters. The number of nitrogens with zero attached hydrogens (tertiary/aromatic N) is 4. The lowest BCUT2D eigenvalue weighted by Crippen LogP contribution is -2.12. The molecule has 0 bridgehead atoms. The molecule has 7 heteroatoms. The molecule has 3 rings (SSSR count). The Morgan fingerprint density at radius 3 is 2.54 bits per heavy atom. The fourth-order valence-electron chi connectivity index (χ4n) is 2.23. The Morgan fingerprint density at radius 1 is 1.17 bits per heavy atom. The summed E-state index contributed by atoms with van der Waals surface area (Å²) in [4.78, 5) is 11.6. The van der Waals surface area contributed by atoms with Crippen LogP contribution in [0.15, 0.2) is 53.9 Å². The molecule has 24 heavy (non-hydrogen) atoms. The van der Waals surface area contributed by atoms with E-state index in [2.05, 4.69) is 10.2 Å². The molecule has 0 amide bonds. The first kappa shape index (κ1) is 16.3. The summed E-state index contributed by atoms with van der Waals surface area (Å²) in [5, 5.41) is 9.20. The number of esters is 1. The van der Waals surface area contributed by atoms with Crippen LogP contribution in [-0.4, -0.2) is 37.9 Å². The fourth-order valence-corrected chi connectivity index (χ4v) is 2.96. The highest BCUT2D eigenvalue weighted by Gasteiger charge is 2.17. The van der Waals surface area contributed by atoms with E-state index in [1.807, 2.05) is 65.1 Å². The summed E-state index contributed by atoms with van der Waals surface area (Å²) >= 11 is 1.31. The summed E-state index contributed by atoms with van der Waals surface area (Å²) in [5.74, 6) is 0.653. The second-order valence-electron chi connectivity index (χ2n) is 5.14. The van der Waals surface area contributed by atoms with Crippen LogP contribution in [0.2, 0.25) is 0 Å². The van der Waals surface area contributed by atoms with Gasteiger partial charge in [0.25, 0.3) is 0 Å². The third kappa shape index (κ3) is 3.51. The molecular formula is C17H18N4O2S. The van der Waals surface area contributed by atoms with Gasteiger partial charge in [-0.05, 0) is 26.0 Å². The molecule has 0 saturated carbocycles. The summed E-state index contributed by atoms with van der Waals surface area (Å²) in [7, 11) is 0. The molecule has 0 atom stereocenters. The number of rotatable bonds is 6. The lowest BCUT2D eigenvalue weighted by molar-refractivity contribution is -0.139. The first-order valence-electron chi connectivity index (χ1n) is 7.63. The molecule has 0 fully saturated rings. The van der Waals surface area contributed by atoms with E-state index in [0.717, 1.165) is 11.4 Å². The van der Waals surface area contributed by atoms with Crippen molar-refractivity contribution >= 4 is 17.7 Å². The number of aromatic nitrogens is 4. The monoisotopic (exact) mass is 342 g/mol. The van der Waals surface area contributed by atoms with Crippen LogP contribution in [0.25, 0.3) is 11.4 Å². The second-order valence-corrected chi connectivity index (χ2v) is 6.08. The molecule has 2 heterocycles. The van der Waals surface area contributed by atoms with Gasteiger partial charge in [0.05, 0.1) is 12.4 Å². The zero-order valence-electron chi connectivity index (χ0n) is 13.5. The number of carbonyl (C=O) groups excluding carboxylic acids is 1. The van der Waals surface area contributed by atoms with Gasteiger partial charge in [-0.15, -0.1) is 10.2 Å². The van der Waals surface area contributed by atoms with Crippen molar-refractivity contribution in [3.63, 3.8) is 0 Å². The predicted molar refractivity (Wildman–Crippen MR) is 92.8 cm³/mol. The Morgan fingerprint density at radius 2 is 1.88 bits per heavy atom. The maximum absolute atomic E-state index is 11.6. The van der Waals surface area contributed by atoms with Crippen molar-refractivity contribution in [1.29, 1.82) is 0 Å². The molecule has 0 aliphatic rings. The van der Waals surface area contributed by atoms with Crippen LogP contribution in [0.1, 0.15) is 12.5 Å². The van der Waals surface area contributed by atoms with Gasteiger partial charge < -0.3 is 4.74 Å². The molecular weight excluding hydrogens is 324 g/mol. The van der Waals surface area contributed by atoms with Crippen LogP contribution in [0.5, 0.6) is 0 Å². The first-order valence-corrected chi connectivity index (χ1v) is 8.62. The van der Waals surface area contributed by atoms with Crippen LogP contribution in [-0.2, 0) is 9.53 Å². The van der Waals surface area contributed by atoms with Crippen molar-refractivity contribution in [2.75, 3.05) is 12.4 Å². The van der Waals surface area contributed by atoms with Gasteiger partial charge in [0.1, 0.15) is 0 Å². The van der Waals surface area contributed by atoms with Crippen molar-refractivity contribution in [1.82, 2.24) is 19.5 Å². The Balaban J connectivity index is 1.95. The van der Waals surface area contributed by atoms with Crippen LogP contribution >= 0.6 is 11.8 Å². The minimum Gasteiger partial charge on any atom is -0.465 e. The Kier molecular flexibility index (Phi) is 5.00. The van der Waals surface area contributed by atoms with Gasteiger partial charge in [0.2, 0.25) is 5.16 Å². The Labute approximate surface area is 144 Å². The van der Waals surface area contributed by atoms with Crippen molar-refractivity contribution in [2.45, 2.75) is 19.0 Å². The van der Waals surface area contributed by atoms with E-state index in [-0.39, 0.29) is 11.7 Å². The SMILES string of the molecule is CCOC(=O)CSc1nnc(-c2ccc(C)cc2)n1-n1cccc1. The maximum atomic E-state index is 11.6. The Hall–Kier alpha value is -2.54. The zero-order valence-corrected chi connectivity index (χ0v) is 14.4. The number of ether oxygens (including phenoxy) is 1. The number of carbonyl (C=O) groups is 1. The van der Waals surface area contributed by atoms with Crippen molar-refractivity contribution < 1.29 is 9.53 Å². The third-order valence-corrected chi connectivity index (χ3v) is 4.26. The van der Waals surface area contributed by atoms with Gasteiger partial charge in [-0.1, -0.05) is 41.6 Å². The smallest absolute Gasteiger partial charge is 0.316 e. The van der Waals surface area contributed by atoms with Crippen LogP contribution in [0.4, 0.5) is 0 Å². The van der Waals surface area contributed by atoms with E-state index < -0.39 is 0 Å². The van der Waals surface area contributed by atoms with Gasteiger partial charge in [-0.2, -0.15) is 0 Å². The lowest BCUT2D eigenvalue weighted by Gasteiger charge is -2.11. The highest BCUT2D eigenvalue weighted by atomic mass is 32.2.